The number of hydrogen-bond donors (Lipinski definition) is 1. The van der Waals surface area contributed by atoms with Crippen LogP contribution in [0.15, 0.2) is 59.9 Å². The van der Waals surface area contributed by atoms with Gasteiger partial charge in [-0.15, -0.1) is 10.2 Å². The van der Waals surface area contributed by atoms with Crippen LogP contribution in [-0.4, -0.2) is 30.8 Å². The fraction of sp³-hybridized carbons (Fsp3) is 0.150. The van der Waals surface area contributed by atoms with E-state index in [1.54, 1.807) is 18.3 Å². The molecule has 1 atom stereocenters. The van der Waals surface area contributed by atoms with Crippen molar-refractivity contribution in [1.82, 2.24) is 19.7 Å². The van der Waals surface area contributed by atoms with Crippen molar-refractivity contribution in [2.45, 2.75) is 17.3 Å². The van der Waals surface area contributed by atoms with E-state index in [1.807, 2.05) is 42.8 Å². The maximum Gasteiger partial charge on any atom is 0.191 e. The number of nitrogens with one attached hydrogen (secondary N) is 1. The van der Waals surface area contributed by atoms with Crippen LogP contribution in [-0.2, 0) is 7.05 Å². The maximum absolute atomic E-state index is 13.1. The quantitative estimate of drug-likeness (QED) is 0.410. The van der Waals surface area contributed by atoms with Crippen LogP contribution in [0, 0.1) is 5.82 Å². The Kier molecular flexibility index (Phi) is 4.53. The predicted octanol–water partition coefficient (Wildman–Crippen LogP) is 4.47. The van der Waals surface area contributed by atoms with E-state index in [2.05, 4.69) is 15.2 Å². The Morgan fingerprint density at radius 2 is 1.89 bits per heavy atom. The number of aromatic amines is 1. The van der Waals surface area contributed by atoms with E-state index in [1.165, 1.54) is 23.9 Å². The first-order chi connectivity index (χ1) is 13.0. The van der Waals surface area contributed by atoms with E-state index in [-0.39, 0.29) is 16.9 Å². The van der Waals surface area contributed by atoms with E-state index >= 15 is 0 Å². The number of halogens is 1. The number of hydrogen-bond acceptors (Lipinski definition) is 4. The van der Waals surface area contributed by atoms with E-state index in [0.29, 0.717) is 16.5 Å². The zero-order chi connectivity index (χ0) is 19.0. The Balaban J connectivity index is 1.57. The number of thioether (sulfide) groups is 1. The second kappa shape index (κ2) is 7.00. The zero-order valence-corrected chi connectivity index (χ0v) is 15.6. The van der Waals surface area contributed by atoms with Crippen LogP contribution < -0.4 is 0 Å². The molecular formula is C20H17FN4OS. The molecule has 0 saturated carbocycles. The van der Waals surface area contributed by atoms with Gasteiger partial charge in [-0.1, -0.05) is 30.0 Å². The minimum atomic E-state index is -0.326. The van der Waals surface area contributed by atoms with Crippen molar-refractivity contribution in [2.24, 2.45) is 7.05 Å². The zero-order valence-electron chi connectivity index (χ0n) is 14.8. The predicted molar refractivity (Wildman–Crippen MR) is 104 cm³/mol. The summed E-state index contributed by atoms with van der Waals surface area (Å²) in [7, 11) is 1.84. The first kappa shape index (κ1) is 17.5. The average Bonchev–Trinajstić information content (AvgIpc) is 3.26. The van der Waals surface area contributed by atoms with Crippen molar-refractivity contribution in [3.63, 3.8) is 0 Å². The van der Waals surface area contributed by atoms with Gasteiger partial charge in [0.25, 0.3) is 0 Å². The highest BCUT2D eigenvalue weighted by atomic mass is 32.2. The molecule has 1 N–H and O–H groups in total. The Labute approximate surface area is 159 Å². The minimum Gasteiger partial charge on any atom is -0.360 e. The van der Waals surface area contributed by atoms with Gasteiger partial charge in [0.2, 0.25) is 0 Å². The Morgan fingerprint density at radius 1 is 1.15 bits per heavy atom. The summed E-state index contributed by atoms with van der Waals surface area (Å²) in [5, 5.41) is 9.62. The molecule has 136 valence electrons. The standard InChI is InChI=1S/C20H17FN4OS/c1-12(18(26)16-11-22-17-6-4-3-5-15(16)17)27-20-24-23-19(25(20)2)13-7-9-14(21)10-8-13/h3-12,22H,1-2H3/t12-/m1/s1. The highest BCUT2D eigenvalue weighted by molar-refractivity contribution is 8.00. The monoisotopic (exact) mass is 380 g/mol. The van der Waals surface area contributed by atoms with Crippen molar-refractivity contribution in [2.75, 3.05) is 0 Å². The number of fused-ring (bicyclic) bond motifs is 1. The molecule has 0 fully saturated rings. The Bertz CT molecular complexity index is 1120. The van der Waals surface area contributed by atoms with Gasteiger partial charge in [-0.3, -0.25) is 4.79 Å². The smallest absolute Gasteiger partial charge is 0.191 e. The van der Waals surface area contributed by atoms with Gasteiger partial charge in [-0.2, -0.15) is 0 Å². The topological polar surface area (TPSA) is 63.6 Å². The van der Waals surface area contributed by atoms with Crippen molar-refractivity contribution in [3.05, 3.63) is 66.1 Å². The molecule has 0 aliphatic rings. The van der Waals surface area contributed by atoms with Gasteiger partial charge in [-0.25, -0.2) is 4.39 Å². The van der Waals surface area contributed by atoms with Crippen molar-refractivity contribution in [3.8, 4) is 11.4 Å². The highest BCUT2D eigenvalue weighted by Crippen LogP contribution is 2.29. The number of Topliss-reactive ketones (excluding diaryl/α,β-unsaturated/α-hetero) is 1. The Hall–Kier alpha value is -2.93. The second-order valence-electron chi connectivity index (χ2n) is 6.24. The third kappa shape index (κ3) is 3.26. The Morgan fingerprint density at radius 3 is 2.67 bits per heavy atom. The molecule has 0 saturated heterocycles. The lowest BCUT2D eigenvalue weighted by molar-refractivity contribution is 0.0995. The van der Waals surface area contributed by atoms with E-state index < -0.39 is 0 Å². The van der Waals surface area contributed by atoms with Gasteiger partial charge in [0.05, 0.1) is 5.25 Å². The van der Waals surface area contributed by atoms with Crippen molar-refractivity contribution in [1.29, 1.82) is 0 Å². The highest BCUT2D eigenvalue weighted by Gasteiger charge is 2.22. The third-order valence-electron chi connectivity index (χ3n) is 4.44. The largest absolute Gasteiger partial charge is 0.360 e. The summed E-state index contributed by atoms with van der Waals surface area (Å²) in [5.74, 6) is 0.362. The number of rotatable bonds is 5. The molecule has 0 radical (unpaired) electrons. The molecule has 0 bridgehead atoms. The number of nitrogens with zero attached hydrogens (tertiary/aromatic N) is 3. The molecule has 2 aromatic carbocycles. The van der Waals surface area contributed by atoms with Crippen LogP contribution >= 0.6 is 11.8 Å². The fourth-order valence-electron chi connectivity index (χ4n) is 2.97. The van der Waals surface area contributed by atoms with Crippen molar-refractivity contribution < 1.29 is 9.18 Å². The molecule has 27 heavy (non-hydrogen) atoms. The summed E-state index contributed by atoms with van der Waals surface area (Å²) < 4.78 is 14.9. The summed E-state index contributed by atoms with van der Waals surface area (Å²) in [6, 6.07) is 13.8. The van der Waals surface area contributed by atoms with E-state index in [0.717, 1.165) is 16.5 Å². The molecule has 0 spiro atoms. The van der Waals surface area contributed by atoms with Crippen molar-refractivity contribution >= 4 is 28.4 Å². The number of carbonyl (C=O) groups is 1. The van der Waals surface area contributed by atoms with Crippen LogP contribution in [0.4, 0.5) is 4.39 Å². The summed E-state index contributed by atoms with van der Waals surface area (Å²) in [6.07, 6.45) is 1.75. The second-order valence-corrected chi connectivity index (χ2v) is 7.55. The van der Waals surface area contributed by atoms with Gasteiger partial charge < -0.3 is 9.55 Å². The molecule has 0 amide bonds. The van der Waals surface area contributed by atoms with Crippen LogP contribution in [0.2, 0.25) is 0 Å². The molecule has 0 aliphatic heterocycles. The molecule has 4 aromatic rings. The molecule has 7 heteroatoms. The van der Waals surface area contributed by atoms with Gasteiger partial charge in [0.1, 0.15) is 5.82 Å². The SMILES string of the molecule is C[C@@H](Sc1nnc(-c2ccc(F)cc2)n1C)C(=O)c1c[nH]c2ccccc12. The number of H-pyrrole nitrogens is 1. The lowest BCUT2D eigenvalue weighted by Crippen LogP contribution is -2.14. The normalized spacial score (nSPS) is 12.4. The number of para-hydroxylation sites is 1. The van der Waals surface area contributed by atoms with Crippen LogP contribution in [0.1, 0.15) is 17.3 Å². The van der Waals surface area contributed by atoms with Gasteiger partial charge >= 0.3 is 0 Å². The van der Waals surface area contributed by atoms with Gasteiger partial charge in [-0.05, 0) is 37.3 Å². The van der Waals surface area contributed by atoms with Gasteiger partial charge in [0.15, 0.2) is 16.8 Å². The average molecular weight is 380 g/mol. The van der Waals surface area contributed by atoms with Crippen LogP contribution in [0.25, 0.3) is 22.3 Å². The molecular weight excluding hydrogens is 363 g/mol. The van der Waals surface area contributed by atoms with Gasteiger partial charge in [0, 0.05) is 35.3 Å². The summed E-state index contributed by atoms with van der Waals surface area (Å²) in [4.78, 5) is 16.0. The number of aromatic nitrogens is 4. The molecule has 2 aromatic heterocycles. The summed E-state index contributed by atoms with van der Waals surface area (Å²) in [6.45, 7) is 1.86. The molecule has 5 nitrogen and oxygen atoms in total. The molecule has 0 unspecified atom stereocenters. The number of ketones is 1. The lowest BCUT2D eigenvalue weighted by atomic mass is 10.1. The maximum atomic E-state index is 13.1. The molecule has 4 rings (SSSR count). The van der Waals surface area contributed by atoms with Crippen LogP contribution in [0.3, 0.4) is 0 Å². The summed E-state index contributed by atoms with van der Waals surface area (Å²) >= 11 is 1.36. The number of carbonyl (C=O) groups excluding carboxylic acids is 1. The summed E-state index contributed by atoms with van der Waals surface area (Å²) in [5.41, 5.74) is 2.38. The van der Waals surface area contributed by atoms with Crippen LogP contribution in [0.5, 0.6) is 0 Å². The first-order valence-electron chi connectivity index (χ1n) is 8.47. The fourth-order valence-corrected chi connectivity index (χ4v) is 3.86. The number of benzene rings is 2. The van der Waals surface area contributed by atoms with E-state index in [9.17, 15) is 9.18 Å². The van der Waals surface area contributed by atoms with E-state index in [4.69, 9.17) is 0 Å². The minimum absolute atomic E-state index is 0.0313. The molecule has 2 heterocycles. The lowest BCUT2D eigenvalue weighted by Gasteiger charge is -2.09. The third-order valence-corrected chi connectivity index (χ3v) is 5.58. The first-order valence-corrected chi connectivity index (χ1v) is 9.35. The molecule has 0 aliphatic carbocycles.